The molecule has 5 heteroatoms. The standard InChI is InChI=1S/C17H23NO4/c1-3-17(21)6-4-5-12-9-18(10-14(12)17)16(20)15-8-13(19)7-11(2)22-15/h7-8,12,14,21H,3-6,9-10H2,1-2H3/t12-,14+,17-/m1/s1. The van der Waals surface area contributed by atoms with Crippen molar-refractivity contribution in [1.29, 1.82) is 0 Å². The molecular weight excluding hydrogens is 282 g/mol. The summed E-state index contributed by atoms with van der Waals surface area (Å²) in [7, 11) is 0. The minimum Gasteiger partial charge on any atom is -0.456 e. The van der Waals surface area contributed by atoms with Crippen LogP contribution in [0.1, 0.15) is 48.9 Å². The van der Waals surface area contributed by atoms with Gasteiger partial charge in [-0.05, 0) is 32.1 Å². The highest BCUT2D eigenvalue weighted by Gasteiger charge is 2.49. The van der Waals surface area contributed by atoms with Crippen molar-refractivity contribution in [3.8, 4) is 0 Å². The van der Waals surface area contributed by atoms with E-state index in [-0.39, 0.29) is 23.0 Å². The van der Waals surface area contributed by atoms with Crippen LogP contribution in [0.25, 0.3) is 0 Å². The number of carbonyl (C=O) groups excluding carboxylic acids is 1. The van der Waals surface area contributed by atoms with Crippen LogP contribution in [0.15, 0.2) is 21.3 Å². The third kappa shape index (κ3) is 2.58. The highest BCUT2D eigenvalue weighted by atomic mass is 16.3. The number of aliphatic hydroxyl groups is 1. The Hall–Kier alpha value is -1.62. The van der Waals surface area contributed by atoms with E-state index in [1.807, 2.05) is 6.92 Å². The largest absolute Gasteiger partial charge is 0.456 e. The van der Waals surface area contributed by atoms with Gasteiger partial charge in [0.1, 0.15) is 5.76 Å². The fourth-order valence-electron chi connectivity index (χ4n) is 4.10. The molecule has 0 aromatic carbocycles. The van der Waals surface area contributed by atoms with Gasteiger partial charge in [-0.3, -0.25) is 9.59 Å². The molecular formula is C17H23NO4. The van der Waals surface area contributed by atoms with Crippen LogP contribution in [0.3, 0.4) is 0 Å². The van der Waals surface area contributed by atoms with Crippen LogP contribution >= 0.6 is 0 Å². The Labute approximate surface area is 129 Å². The second-order valence-corrected chi connectivity index (χ2v) is 6.69. The quantitative estimate of drug-likeness (QED) is 0.906. The predicted molar refractivity (Wildman–Crippen MR) is 81.7 cm³/mol. The van der Waals surface area contributed by atoms with Crippen LogP contribution in [0, 0.1) is 18.8 Å². The van der Waals surface area contributed by atoms with Gasteiger partial charge in [-0.15, -0.1) is 0 Å². The van der Waals surface area contributed by atoms with Crippen molar-refractivity contribution in [3.05, 3.63) is 33.9 Å². The Balaban J connectivity index is 1.82. The van der Waals surface area contributed by atoms with E-state index >= 15 is 0 Å². The third-order valence-electron chi connectivity index (χ3n) is 5.32. The van der Waals surface area contributed by atoms with E-state index in [1.165, 1.54) is 12.1 Å². The lowest BCUT2D eigenvalue weighted by molar-refractivity contribution is -0.0609. The fourth-order valence-corrected chi connectivity index (χ4v) is 4.10. The molecule has 0 spiro atoms. The van der Waals surface area contributed by atoms with E-state index in [9.17, 15) is 14.7 Å². The maximum absolute atomic E-state index is 12.6. The van der Waals surface area contributed by atoms with Gasteiger partial charge in [0.2, 0.25) is 0 Å². The zero-order chi connectivity index (χ0) is 15.9. The van der Waals surface area contributed by atoms with Crippen molar-refractivity contribution in [3.63, 3.8) is 0 Å². The normalized spacial score (nSPS) is 31.1. The van der Waals surface area contributed by atoms with Crippen molar-refractivity contribution in [2.24, 2.45) is 11.8 Å². The summed E-state index contributed by atoms with van der Waals surface area (Å²) < 4.78 is 5.41. The molecule has 5 nitrogen and oxygen atoms in total. The molecule has 1 aromatic rings. The molecule has 22 heavy (non-hydrogen) atoms. The first-order chi connectivity index (χ1) is 10.4. The lowest BCUT2D eigenvalue weighted by Gasteiger charge is -2.40. The van der Waals surface area contributed by atoms with Gasteiger partial charge in [-0.2, -0.15) is 0 Å². The highest BCUT2D eigenvalue weighted by Crippen LogP contribution is 2.44. The summed E-state index contributed by atoms with van der Waals surface area (Å²) in [6, 6.07) is 2.62. The second-order valence-electron chi connectivity index (χ2n) is 6.69. The van der Waals surface area contributed by atoms with E-state index in [0.29, 0.717) is 24.8 Å². The first-order valence-corrected chi connectivity index (χ1v) is 8.06. The van der Waals surface area contributed by atoms with Crippen LogP contribution < -0.4 is 5.43 Å². The summed E-state index contributed by atoms with van der Waals surface area (Å²) in [5.41, 5.74) is -0.875. The summed E-state index contributed by atoms with van der Waals surface area (Å²) in [6.45, 7) is 4.86. The number of rotatable bonds is 2. The number of aryl methyl sites for hydroxylation is 1. The van der Waals surface area contributed by atoms with Crippen LogP contribution in [-0.2, 0) is 0 Å². The maximum Gasteiger partial charge on any atom is 0.289 e. The lowest BCUT2D eigenvalue weighted by Crippen LogP contribution is -2.44. The Morgan fingerprint density at radius 2 is 2.23 bits per heavy atom. The zero-order valence-corrected chi connectivity index (χ0v) is 13.2. The molecule has 2 heterocycles. The number of fused-ring (bicyclic) bond motifs is 1. The van der Waals surface area contributed by atoms with E-state index in [2.05, 4.69) is 0 Å². The van der Waals surface area contributed by atoms with Gasteiger partial charge in [0.25, 0.3) is 5.91 Å². The van der Waals surface area contributed by atoms with Gasteiger partial charge in [-0.1, -0.05) is 13.3 Å². The lowest BCUT2D eigenvalue weighted by atomic mass is 9.69. The Bertz CT molecular complexity index is 638. The van der Waals surface area contributed by atoms with Crippen LogP contribution in [-0.4, -0.2) is 34.6 Å². The first kappa shape index (κ1) is 15.3. The number of hydrogen-bond acceptors (Lipinski definition) is 4. The molecule has 1 saturated carbocycles. The summed E-state index contributed by atoms with van der Waals surface area (Å²) in [5.74, 6) is 0.778. The van der Waals surface area contributed by atoms with Crippen LogP contribution in [0.2, 0.25) is 0 Å². The topological polar surface area (TPSA) is 70.8 Å². The van der Waals surface area contributed by atoms with E-state index in [0.717, 1.165) is 25.7 Å². The zero-order valence-electron chi connectivity index (χ0n) is 13.2. The number of likely N-dealkylation sites (tertiary alicyclic amines) is 1. The number of hydrogen-bond donors (Lipinski definition) is 1. The summed E-state index contributed by atoms with van der Waals surface area (Å²) in [6.07, 6.45) is 3.59. The van der Waals surface area contributed by atoms with Crippen molar-refractivity contribution >= 4 is 5.91 Å². The molecule has 0 bridgehead atoms. The Morgan fingerprint density at radius 3 is 2.91 bits per heavy atom. The minimum absolute atomic E-state index is 0.101. The molecule has 1 saturated heterocycles. The van der Waals surface area contributed by atoms with Gasteiger partial charge in [0.15, 0.2) is 11.2 Å². The molecule has 0 unspecified atom stereocenters. The monoisotopic (exact) mass is 305 g/mol. The minimum atomic E-state index is -0.661. The molecule has 1 aromatic heterocycles. The van der Waals surface area contributed by atoms with Crippen molar-refractivity contribution in [2.75, 3.05) is 13.1 Å². The Morgan fingerprint density at radius 1 is 1.45 bits per heavy atom. The molecule has 3 rings (SSSR count). The summed E-state index contributed by atoms with van der Waals surface area (Å²) in [5, 5.41) is 10.8. The fraction of sp³-hybridized carbons (Fsp3) is 0.647. The van der Waals surface area contributed by atoms with Crippen molar-refractivity contribution in [2.45, 2.75) is 45.1 Å². The number of carbonyl (C=O) groups is 1. The van der Waals surface area contributed by atoms with Gasteiger partial charge in [-0.25, -0.2) is 0 Å². The molecule has 1 aliphatic heterocycles. The molecule has 1 N–H and O–H groups in total. The summed E-state index contributed by atoms with van der Waals surface area (Å²) >= 11 is 0. The van der Waals surface area contributed by atoms with Crippen molar-refractivity contribution in [1.82, 2.24) is 4.90 Å². The number of amides is 1. The van der Waals surface area contributed by atoms with Crippen LogP contribution in [0.5, 0.6) is 0 Å². The first-order valence-electron chi connectivity index (χ1n) is 8.06. The average molecular weight is 305 g/mol. The molecule has 120 valence electrons. The highest BCUT2D eigenvalue weighted by molar-refractivity contribution is 5.91. The smallest absolute Gasteiger partial charge is 0.289 e. The molecule has 0 radical (unpaired) electrons. The number of nitrogens with zero attached hydrogens (tertiary/aromatic N) is 1. The molecule has 3 atom stereocenters. The third-order valence-corrected chi connectivity index (χ3v) is 5.32. The van der Waals surface area contributed by atoms with Crippen molar-refractivity contribution < 1.29 is 14.3 Å². The van der Waals surface area contributed by atoms with Crippen LogP contribution in [0.4, 0.5) is 0 Å². The van der Waals surface area contributed by atoms with Gasteiger partial charge < -0.3 is 14.4 Å². The average Bonchev–Trinajstić information content (AvgIpc) is 2.91. The molecule has 2 aliphatic rings. The van der Waals surface area contributed by atoms with Gasteiger partial charge in [0.05, 0.1) is 5.60 Å². The predicted octanol–water partition coefficient (Wildman–Crippen LogP) is 1.96. The van der Waals surface area contributed by atoms with E-state index in [4.69, 9.17) is 4.42 Å². The summed E-state index contributed by atoms with van der Waals surface area (Å²) in [4.78, 5) is 25.9. The van der Waals surface area contributed by atoms with Gasteiger partial charge >= 0.3 is 0 Å². The second kappa shape index (κ2) is 5.54. The SMILES string of the molecule is CC[C@@]1(O)CCC[C@@H]2CN(C(=O)c3cc(=O)cc(C)o3)C[C@@H]21. The molecule has 1 amide bonds. The Kier molecular flexibility index (Phi) is 3.85. The molecule has 1 aliphatic carbocycles. The maximum atomic E-state index is 12.6. The van der Waals surface area contributed by atoms with Gasteiger partial charge in [0, 0.05) is 31.1 Å². The van der Waals surface area contributed by atoms with E-state index < -0.39 is 5.60 Å². The molecule has 2 fully saturated rings. The van der Waals surface area contributed by atoms with E-state index in [1.54, 1.807) is 11.8 Å².